The maximum absolute atomic E-state index is 12.7. The van der Waals surface area contributed by atoms with E-state index in [9.17, 15) is 4.79 Å². The summed E-state index contributed by atoms with van der Waals surface area (Å²) >= 11 is 6.15. The summed E-state index contributed by atoms with van der Waals surface area (Å²) in [5.41, 5.74) is 0.595. The lowest BCUT2D eigenvalue weighted by molar-refractivity contribution is 0.0434. The van der Waals surface area contributed by atoms with Crippen LogP contribution >= 0.6 is 11.6 Å². The molecule has 0 unspecified atom stereocenters. The van der Waals surface area contributed by atoms with Gasteiger partial charge in [0.25, 0.3) is 5.91 Å². The van der Waals surface area contributed by atoms with Gasteiger partial charge in [-0.2, -0.15) is 0 Å². The Morgan fingerprint density at radius 1 is 1.25 bits per heavy atom. The molecule has 1 aromatic rings. The van der Waals surface area contributed by atoms with Gasteiger partial charge in [0.2, 0.25) is 0 Å². The molecule has 5 heteroatoms. The summed E-state index contributed by atoms with van der Waals surface area (Å²) in [6, 6.07) is 7.54. The highest BCUT2D eigenvalue weighted by Crippen LogP contribution is 2.22. The van der Waals surface area contributed by atoms with E-state index in [1.165, 1.54) is 0 Å². The van der Waals surface area contributed by atoms with Gasteiger partial charge in [-0.15, -0.1) is 0 Å². The fraction of sp³-hybridized carbons (Fsp3) is 0.533. The van der Waals surface area contributed by atoms with Crippen molar-refractivity contribution >= 4 is 17.5 Å². The molecule has 0 radical (unpaired) electrons. The molecular weight excluding hydrogens is 276 g/mol. The van der Waals surface area contributed by atoms with E-state index in [0.717, 1.165) is 19.7 Å². The van der Waals surface area contributed by atoms with Crippen molar-refractivity contribution in [2.45, 2.75) is 6.04 Å². The highest BCUT2D eigenvalue weighted by Gasteiger charge is 2.33. The Morgan fingerprint density at radius 2 is 2.05 bits per heavy atom. The molecule has 20 heavy (non-hydrogen) atoms. The van der Waals surface area contributed by atoms with Crippen LogP contribution in [0.3, 0.4) is 0 Å². The third-order valence-corrected chi connectivity index (χ3v) is 4.46. The van der Waals surface area contributed by atoms with Crippen molar-refractivity contribution in [2.24, 2.45) is 5.92 Å². The van der Waals surface area contributed by atoms with Crippen LogP contribution in [0.1, 0.15) is 10.4 Å². The van der Waals surface area contributed by atoms with E-state index >= 15 is 0 Å². The normalized spacial score (nSPS) is 27.2. The van der Waals surface area contributed by atoms with E-state index in [1.807, 2.05) is 17.0 Å². The van der Waals surface area contributed by atoms with Crippen molar-refractivity contribution in [3.63, 3.8) is 0 Å². The molecule has 1 aromatic carbocycles. The molecule has 2 saturated heterocycles. The van der Waals surface area contributed by atoms with Gasteiger partial charge in [0.15, 0.2) is 0 Å². The maximum Gasteiger partial charge on any atom is 0.255 e. The highest BCUT2D eigenvalue weighted by atomic mass is 35.5. The molecule has 0 spiro atoms. The maximum atomic E-state index is 12.7. The predicted molar refractivity (Wildman–Crippen MR) is 78.1 cm³/mol. The summed E-state index contributed by atoms with van der Waals surface area (Å²) in [5, 5.41) is 0.525. The van der Waals surface area contributed by atoms with Crippen LogP contribution in [0.15, 0.2) is 24.3 Å². The lowest BCUT2D eigenvalue weighted by Crippen LogP contribution is -2.44. The average molecular weight is 295 g/mol. The average Bonchev–Trinajstić information content (AvgIpc) is 2.67. The number of hydrogen-bond acceptors (Lipinski definition) is 3. The fourth-order valence-corrected chi connectivity index (χ4v) is 3.24. The number of ether oxygens (including phenoxy) is 1. The lowest BCUT2D eigenvalue weighted by Gasteiger charge is -2.30. The molecule has 4 nitrogen and oxygen atoms in total. The molecule has 1 amide bonds. The topological polar surface area (TPSA) is 32.8 Å². The second kappa shape index (κ2) is 5.72. The molecule has 2 atom stereocenters. The molecule has 0 aromatic heterocycles. The third-order valence-electron chi connectivity index (χ3n) is 4.13. The van der Waals surface area contributed by atoms with E-state index in [1.54, 1.807) is 12.1 Å². The van der Waals surface area contributed by atoms with E-state index < -0.39 is 0 Å². The quantitative estimate of drug-likeness (QED) is 0.791. The minimum Gasteiger partial charge on any atom is -0.379 e. The van der Waals surface area contributed by atoms with Gasteiger partial charge in [-0.25, -0.2) is 0 Å². The summed E-state index contributed by atoms with van der Waals surface area (Å²) in [6.45, 7) is 3.85. The van der Waals surface area contributed by atoms with Crippen LogP contribution in [-0.2, 0) is 4.74 Å². The number of hydrogen-bond donors (Lipinski definition) is 0. The van der Waals surface area contributed by atoms with Gasteiger partial charge in [0, 0.05) is 25.6 Å². The van der Waals surface area contributed by atoms with Crippen LogP contribution in [0.2, 0.25) is 5.02 Å². The number of nitrogens with zero attached hydrogens (tertiary/aromatic N) is 2. The molecule has 3 rings (SSSR count). The molecule has 2 aliphatic heterocycles. The second-order valence-electron chi connectivity index (χ2n) is 5.69. The molecule has 0 N–H and O–H groups in total. The van der Waals surface area contributed by atoms with E-state index in [2.05, 4.69) is 11.9 Å². The molecular formula is C15H19ClN2O2. The molecule has 0 aliphatic carbocycles. The van der Waals surface area contributed by atoms with Crippen LogP contribution < -0.4 is 0 Å². The summed E-state index contributed by atoms with van der Waals surface area (Å²) in [6.07, 6.45) is 0. The van der Waals surface area contributed by atoms with Crippen molar-refractivity contribution in [1.82, 2.24) is 9.80 Å². The number of fused-ring (bicyclic) bond motifs is 3. The second-order valence-corrected chi connectivity index (χ2v) is 6.09. The summed E-state index contributed by atoms with van der Waals surface area (Å²) in [5.74, 6) is 0.404. The Labute approximate surface area is 124 Å². The molecule has 2 fully saturated rings. The van der Waals surface area contributed by atoms with E-state index in [4.69, 9.17) is 16.3 Å². The molecule has 108 valence electrons. The number of carbonyl (C=O) groups is 1. The Kier molecular flexibility index (Phi) is 3.96. The minimum absolute atomic E-state index is 0.0304. The molecule has 2 heterocycles. The van der Waals surface area contributed by atoms with Crippen LogP contribution in [0.4, 0.5) is 0 Å². The van der Waals surface area contributed by atoms with Crippen LogP contribution in [-0.4, -0.2) is 61.6 Å². The number of rotatable bonds is 1. The van der Waals surface area contributed by atoms with E-state index in [-0.39, 0.29) is 11.9 Å². The first-order chi connectivity index (χ1) is 9.65. The Hall–Kier alpha value is -1.10. The zero-order valence-electron chi connectivity index (χ0n) is 11.6. The monoisotopic (exact) mass is 294 g/mol. The van der Waals surface area contributed by atoms with Gasteiger partial charge in [-0.1, -0.05) is 23.7 Å². The smallest absolute Gasteiger partial charge is 0.255 e. The highest BCUT2D eigenvalue weighted by molar-refractivity contribution is 6.33. The summed E-state index contributed by atoms with van der Waals surface area (Å²) in [7, 11) is 2.11. The Balaban J connectivity index is 1.84. The van der Waals surface area contributed by atoms with Gasteiger partial charge < -0.3 is 9.64 Å². The molecule has 2 bridgehead atoms. The first-order valence-electron chi connectivity index (χ1n) is 6.97. The SMILES string of the molecule is CN1C[C@H]2COC[C@@H]1CN(C(=O)c1ccccc1Cl)C2. The summed E-state index contributed by atoms with van der Waals surface area (Å²) in [4.78, 5) is 16.9. The standard InChI is InChI=1S/C15H19ClN2O2/c1-17-6-11-7-18(8-12(17)10-20-9-11)15(19)13-4-2-3-5-14(13)16/h2-5,11-12H,6-10H2,1H3/t11-,12+/m1/s1. The Bertz CT molecular complexity index is 508. The van der Waals surface area contributed by atoms with Gasteiger partial charge in [-0.3, -0.25) is 9.69 Å². The van der Waals surface area contributed by atoms with Crippen LogP contribution in [0, 0.1) is 5.92 Å². The number of halogens is 1. The third kappa shape index (κ3) is 2.68. The zero-order chi connectivity index (χ0) is 14.1. The van der Waals surface area contributed by atoms with Crippen molar-refractivity contribution in [2.75, 3.05) is 39.9 Å². The number of carbonyl (C=O) groups excluding carboxylic acids is 1. The van der Waals surface area contributed by atoms with Crippen molar-refractivity contribution < 1.29 is 9.53 Å². The number of amides is 1. The van der Waals surface area contributed by atoms with Crippen LogP contribution in [0.25, 0.3) is 0 Å². The van der Waals surface area contributed by atoms with Crippen molar-refractivity contribution in [1.29, 1.82) is 0 Å². The summed E-state index contributed by atoms with van der Waals surface area (Å²) < 4.78 is 5.68. The largest absolute Gasteiger partial charge is 0.379 e. The van der Waals surface area contributed by atoms with Gasteiger partial charge in [0.05, 0.1) is 29.8 Å². The van der Waals surface area contributed by atoms with Crippen molar-refractivity contribution in [3.8, 4) is 0 Å². The number of benzene rings is 1. The number of likely N-dealkylation sites (N-methyl/N-ethyl adjacent to an activating group) is 1. The Morgan fingerprint density at radius 3 is 2.85 bits per heavy atom. The predicted octanol–water partition coefficient (Wildman–Crippen LogP) is 1.74. The lowest BCUT2D eigenvalue weighted by atomic mass is 10.1. The van der Waals surface area contributed by atoms with Gasteiger partial charge >= 0.3 is 0 Å². The molecule has 2 aliphatic rings. The van der Waals surface area contributed by atoms with Gasteiger partial charge in [-0.05, 0) is 19.2 Å². The zero-order valence-corrected chi connectivity index (χ0v) is 12.3. The van der Waals surface area contributed by atoms with Gasteiger partial charge in [0.1, 0.15) is 0 Å². The fourth-order valence-electron chi connectivity index (χ4n) is 3.02. The molecule has 0 saturated carbocycles. The van der Waals surface area contributed by atoms with Crippen LogP contribution in [0.5, 0.6) is 0 Å². The minimum atomic E-state index is 0.0304. The van der Waals surface area contributed by atoms with Crippen molar-refractivity contribution in [3.05, 3.63) is 34.9 Å². The van der Waals surface area contributed by atoms with E-state index in [0.29, 0.717) is 29.7 Å². The first kappa shape index (κ1) is 13.9. The first-order valence-corrected chi connectivity index (χ1v) is 7.34.